The third-order valence-electron chi connectivity index (χ3n) is 4.99. The van der Waals surface area contributed by atoms with Crippen molar-refractivity contribution in [2.24, 2.45) is 0 Å². The van der Waals surface area contributed by atoms with E-state index in [1.54, 1.807) is 0 Å². The first kappa shape index (κ1) is 18.8. The summed E-state index contributed by atoms with van der Waals surface area (Å²) in [5, 5.41) is 0.857. The highest BCUT2D eigenvalue weighted by atomic mass is 35.5. The third kappa shape index (κ3) is 3.84. The van der Waals surface area contributed by atoms with Gasteiger partial charge in [-0.15, -0.1) is 0 Å². The maximum atomic E-state index is 6.40. The monoisotopic (exact) mass is 392 g/mol. The minimum absolute atomic E-state index is 0.731. The molecule has 0 atom stereocenters. The maximum absolute atomic E-state index is 6.40. The molecular formula is C23H25ClN4. The van der Waals surface area contributed by atoms with Crippen LogP contribution >= 0.6 is 11.6 Å². The number of rotatable bonds is 5. The van der Waals surface area contributed by atoms with Crippen LogP contribution in [0.3, 0.4) is 0 Å². The first-order valence-corrected chi connectivity index (χ1v) is 10.0. The molecule has 0 saturated carbocycles. The fourth-order valence-electron chi connectivity index (χ4n) is 3.68. The van der Waals surface area contributed by atoms with E-state index in [1.165, 1.54) is 11.3 Å². The second-order valence-electron chi connectivity index (χ2n) is 7.36. The van der Waals surface area contributed by atoms with Crippen LogP contribution in [0.4, 0.5) is 17.2 Å². The second kappa shape index (κ2) is 8.21. The van der Waals surface area contributed by atoms with Gasteiger partial charge in [0.15, 0.2) is 5.82 Å². The van der Waals surface area contributed by atoms with Crippen molar-refractivity contribution >= 4 is 28.8 Å². The fourth-order valence-corrected chi connectivity index (χ4v) is 3.89. The average molecular weight is 393 g/mol. The Bertz CT molecular complexity index is 931. The maximum Gasteiger partial charge on any atom is 0.157 e. The smallest absolute Gasteiger partial charge is 0.157 e. The minimum atomic E-state index is 0.731. The number of para-hydroxylation sites is 1. The quantitative estimate of drug-likeness (QED) is 0.689. The van der Waals surface area contributed by atoms with Crippen molar-refractivity contribution in [1.29, 1.82) is 0 Å². The van der Waals surface area contributed by atoms with E-state index in [9.17, 15) is 0 Å². The molecule has 0 radical (unpaired) electrons. The number of hydrogen-bond acceptors (Lipinski definition) is 4. The lowest BCUT2D eigenvalue weighted by atomic mass is 10.0. The van der Waals surface area contributed by atoms with Crippen molar-refractivity contribution in [1.82, 2.24) is 9.88 Å². The molecule has 0 unspecified atom stereocenters. The molecule has 2 aromatic rings. The molecule has 1 aromatic heterocycles. The Morgan fingerprint density at radius 2 is 1.89 bits per heavy atom. The summed E-state index contributed by atoms with van der Waals surface area (Å²) in [4.78, 5) is 11.6. The molecule has 0 bridgehead atoms. The number of pyridine rings is 1. The lowest BCUT2D eigenvalue weighted by Gasteiger charge is -2.29. The van der Waals surface area contributed by atoms with Crippen LogP contribution in [-0.2, 0) is 0 Å². The van der Waals surface area contributed by atoms with Gasteiger partial charge in [-0.3, -0.25) is 0 Å². The van der Waals surface area contributed by atoms with E-state index in [0.717, 1.165) is 48.2 Å². The summed E-state index contributed by atoms with van der Waals surface area (Å²) in [6.45, 7) is 1.93. The summed E-state index contributed by atoms with van der Waals surface area (Å²) < 4.78 is 0. The number of anilines is 3. The van der Waals surface area contributed by atoms with Crippen LogP contribution in [0.15, 0.2) is 83.3 Å². The van der Waals surface area contributed by atoms with Gasteiger partial charge in [0.05, 0.1) is 5.69 Å². The summed E-state index contributed by atoms with van der Waals surface area (Å²) in [5.41, 5.74) is 4.59. The topological polar surface area (TPSA) is 22.6 Å². The molecule has 2 heterocycles. The molecule has 1 aliphatic carbocycles. The van der Waals surface area contributed by atoms with Gasteiger partial charge in [-0.05, 0) is 69.1 Å². The van der Waals surface area contributed by atoms with Gasteiger partial charge in [-0.25, -0.2) is 4.98 Å². The van der Waals surface area contributed by atoms with E-state index in [4.69, 9.17) is 16.6 Å². The van der Waals surface area contributed by atoms with Gasteiger partial charge in [-0.2, -0.15) is 0 Å². The highest BCUT2D eigenvalue weighted by Crippen LogP contribution is 2.42. The van der Waals surface area contributed by atoms with Crippen LogP contribution in [0.25, 0.3) is 0 Å². The van der Waals surface area contributed by atoms with Gasteiger partial charge in [0.25, 0.3) is 0 Å². The molecule has 1 aromatic carbocycles. The highest BCUT2D eigenvalue weighted by Gasteiger charge is 2.28. The Morgan fingerprint density at radius 1 is 1.07 bits per heavy atom. The predicted octanol–water partition coefficient (Wildman–Crippen LogP) is 5.29. The molecule has 2 aliphatic rings. The van der Waals surface area contributed by atoms with Crippen LogP contribution in [0.1, 0.15) is 12.8 Å². The lowest BCUT2D eigenvalue weighted by molar-refractivity contribution is 0.402. The summed E-state index contributed by atoms with van der Waals surface area (Å²) in [5.74, 6) is 0.981. The molecule has 144 valence electrons. The number of benzene rings is 1. The molecule has 1 aliphatic heterocycles. The number of allylic oxidation sites excluding steroid dienone is 4. The summed E-state index contributed by atoms with van der Waals surface area (Å²) in [6, 6.07) is 14.6. The van der Waals surface area contributed by atoms with E-state index < -0.39 is 0 Å². The van der Waals surface area contributed by atoms with Gasteiger partial charge < -0.3 is 14.7 Å². The Balaban J connectivity index is 1.83. The molecule has 5 heteroatoms. The molecule has 0 saturated heterocycles. The summed E-state index contributed by atoms with van der Waals surface area (Å²) >= 11 is 6.40. The Labute approximate surface area is 172 Å². The first-order valence-electron chi connectivity index (χ1n) is 9.62. The van der Waals surface area contributed by atoms with Crippen molar-refractivity contribution < 1.29 is 0 Å². The van der Waals surface area contributed by atoms with Crippen LogP contribution < -0.4 is 9.80 Å². The average Bonchev–Trinajstić information content (AvgIpc) is 2.83. The third-order valence-corrected chi connectivity index (χ3v) is 5.25. The van der Waals surface area contributed by atoms with Gasteiger partial charge >= 0.3 is 0 Å². The van der Waals surface area contributed by atoms with Gasteiger partial charge in [0.1, 0.15) is 0 Å². The molecular weight excluding hydrogens is 368 g/mol. The van der Waals surface area contributed by atoms with Crippen molar-refractivity contribution in [3.63, 3.8) is 0 Å². The minimum Gasteiger partial charge on any atom is -0.324 e. The predicted molar refractivity (Wildman–Crippen MR) is 118 cm³/mol. The molecule has 0 fully saturated rings. The Kier molecular flexibility index (Phi) is 5.51. The molecule has 0 N–H and O–H groups in total. The van der Waals surface area contributed by atoms with E-state index in [-0.39, 0.29) is 0 Å². The Hall–Kier alpha value is -2.56. The van der Waals surface area contributed by atoms with Crippen LogP contribution in [-0.4, -0.2) is 37.1 Å². The number of hydrogen-bond donors (Lipinski definition) is 0. The molecule has 28 heavy (non-hydrogen) atoms. The number of fused-ring (bicyclic) bond motifs is 2. The fraction of sp³-hybridized carbons (Fsp3) is 0.261. The summed E-state index contributed by atoms with van der Waals surface area (Å²) in [6.07, 6.45) is 10.0. The lowest BCUT2D eigenvalue weighted by Crippen LogP contribution is -2.28. The van der Waals surface area contributed by atoms with Crippen LogP contribution in [0, 0.1) is 0 Å². The number of aromatic nitrogens is 1. The SMILES string of the molecule is CN(C)CCCN1C2=CC=C(Cl)CC2=CN(c2ccccc2)c2cccnc21. The number of nitrogens with zero attached hydrogens (tertiary/aromatic N) is 4. The van der Waals surface area contributed by atoms with Crippen molar-refractivity contribution in [3.8, 4) is 0 Å². The molecule has 0 amide bonds. The molecule has 0 spiro atoms. The van der Waals surface area contributed by atoms with E-state index in [1.807, 2.05) is 24.4 Å². The van der Waals surface area contributed by atoms with Crippen molar-refractivity contribution in [3.05, 3.63) is 83.3 Å². The van der Waals surface area contributed by atoms with Gasteiger partial charge in [0, 0.05) is 41.8 Å². The number of halogens is 1. The zero-order valence-corrected chi connectivity index (χ0v) is 17.1. The van der Waals surface area contributed by atoms with Gasteiger partial charge in [-0.1, -0.05) is 29.8 Å². The zero-order valence-electron chi connectivity index (χ0n) is 16.3. The largest absolute Gasteiger partial charge is 0.324 e. The molecule has 4 rings (SSSR count). The van der Waals surface area contributed by atoms with Crippen LogP contribution in [0.5, 0.6) is 0 Å². The van der Waals surface area contributed by atoms with Crippen molar-refractivity contribution in [2.45, 2.75) is 12.8 Å². The highest BCUT2D eigenvalue weighted by molar-refractivity contribution is 6.30. The van der Waals surface area contributed by atoms with E-state index >= 15 is 0 Å². The second-order valence-corrected chi connectivity index (χ2v) is 7.84. The van der Waals surface area contributed by atoms with E-state index in [2.05, 4.69) is 71.4 Å². The van der Waals surface area contributed by atoms with E-state index in [0.29, 0.717) is 0 Å². The van der Waals surface area contributed by atoms with Crippen molar-refractivity contribution in [2.75, 3.05) is 37.0 Å². The summed E-state index contributed by atoms with van der Waals surface area (Å²) in [7, 11) is 4.22. The molecule has 4 nitrogen and oxygen atoms in total. The van der Waals surface area contributed by atoms with Gasteiger partial charge in [0.2, 0.25) is 0 Å². The van der Waals surface area contributed by atoms with Crippen LogP contribution in [0.2, 0.25) is 0 Å². The Morgan fingerprint density at radius 3 is 2.68 bits per heavy atom. The normalized spacial score (nSPS) is 16.1. The standard InChI is InChI=1S/C23H25ClN4/c1-26(2)14-7-15-27-21-12-11-19(24)16-18(21)17-28(20-8-4-3-5-9-20)22-10-6-13-25-23(22)27/h3-6,8-13,17H,7,14-16H2,1-2H3. The first-order chi connectivity index (χ1) is 13.6. The zero-order chi connectivity index (χ0) is 19.5.